The summed E-state index contributed by atoms with van der Waals surface area (Å²) in [5, 5.41) is -0.545. The summed E-state index contributed by atoms with van der Waals surface area (Å²) in [5.41, 5.74) is 0. The highest BCUT2D eigenvalue weighted by Crippen LogP contribution is 2.37. The summed E-state index contributed by atoms with van der Waals surface area (Å²) in [4.78, 5) is 6.46. The third-order valence-electron chi connectivity index (χ3n) is 1.51. The molecule has 18 heavy (non-hydrogen) atoms. The van der Waals surface area contributed by atoms with Crippen LogP contribution >= 0.6 is 27.5 Å². The molecule has 0 unspecified atom stereocenters. The van der Waals surface area contributed by atoms with Gasteiger partial charge in [0, 0.05) is 6.20 Å². The topological polar surface area (TPSA) is 35.0 Å². The maximum Gasteiger partial charge on any atom is 0.434 e. The van der Waals surface area contributed by atoms with Crippen LogP contribution in [0, 0.1) is 0 Å². The van der Waals surface area contributed by atoms with Gasteiger partial charge in [0.15, 0.2) is 0 Å². The van der Waals surface area contributed by atoms with Gasteiger partial charge in [-0.15, -0.1) is 0 Å². The quantitative estimate of drug-likeness (QED) is 0.596. The lowest BCUT2D eigenvalue weighted by Crippen LogP contribution is -2.46. The lowest BCUT2D eigenvalue weighted by Gasteiger charge is -2.23. The predicted molar refractivity (Wildman–Crippen MR) is 51.3 cm³/mol. The molecule has 0 saturated carbocycles. The monoisotopic (exact) mass is 358 g/mol. The first-order valence-electron chi connectivity index (χ1n) is 4.00. The molecule has 3 nitrogen and oxygen atoms in total. The van der Waals surface area contributed by atoms with Gasteiger partial charge in [-0.1, -0.05) is 0 Å². The second-order valence-corrected chi connectivity index (χ2v) is 4.07. The Morgan fingerprint density at radius 3 is 2.11 bits per heavy atom. The van der Waals surface area contributed by atoms with E-state index in [4.69, 9.17) is 11.6 Å². The van der Waals surface area contributed by atoms with Gasteiger partial charge in [0.1, 0.15) is 0 Å². The van der Waals surface area contributed by atoms with Crippen molar-refractivity contribution in [1.82, 2.24) is 9.97 Å². The number of rotatable bonds is 2. The zero-order valence-corrected chi connectivity index (χ0v) is 10.3. The van der Waals surface area contributed by atoms with Crippen LogP contribution in [0.2, 0.25) is 5.28 Å². The molecule has 1 aromatic heterocycles. The molecule has 0 aromatic carbocycles. The van der Waals surface area contributed by atoms with Gasteiger partial charge in [0.2, 0.25) is 11.2 Å². The minimum absolute atomic E-state index is 0.287. The summed E-state index contributed by atoms with van der Waals surface area (Å²) in [6.45, 7) is 0. The molecule has 0 N–H and O–H groups in total. The van der Waals surface area contributed by atoms with Crippen LogP contribution in [-0.2, 0) is 0 Å². The highest BCUT2D eigenvalue weighted by Gasteiger charge is 2.59. The van der Waals surface area contributed by atoms with E-state index in [-0.39, 0.29) is 4.47 Å². The van der Waals surface area contributed by atoms with E-state index in [9.17, 15) is 26.3 Å². The molecule has 0 atom stereocenters. The standard InChI is InChI=1S/C7H2BrClF6N2O/c8-2-1-16-5(9)17-3(2)18-4(6(10,11)12)7(13,14)15/h1,4H. The first-order valence-corrected chi connectivity index (χ1v) is 5.17. The lowest BCUT2D eigenvalue weighted by molar-refractivity contribution is -0.300. The summed E-state index contributed by atoms with van der Waals surface area (Å²) < 4.78 is 76.7. The molecule has 102 valence electrons. The van der Waals surface area contributed by atoms with Crippen molar-refractivity contribution in [3.05, 3.63) is 16.0 Å². The SMILES string of the molecule is FC(F)(F)C(Oc1nc(Cl)ncc1Br)C(F)(F)F. The van der Waals surface area contributed by atoms with Gasteiger partial charge in [-0.25, -0.2) is 4.98 Å². The Morgan fingerprint density at radius 2 is 1.67 bits per heavy atom. The fourth-order valence-corrected chi connectivity index (χ4v) is 1.25. The Balaban J connectivity index is 3.08. The number of hydrogen-bond acceptors (Lipinski definition) is 3. The van der Waals surface area contributed by atoms with Crippen LogP contribution in [0.1, 0.15) is 0 Å². The smallest absolute Gasteiger partial charge is 0.434 e. The van der Waals surface area contributed by atoms with Crippen molar-refractivity contribution in [2.24, 2.45) is 0 Å². The van der Waals surface area contributed by atoms with E-state index in [2.05, 4.69) is 30.6 Å². The van der Waals surface area contributed by atoms with E-state index in [1.54, 1.807) is 0 Å². The van der Waals surface area contributed by atoms with E-state index < -0.39 is 29.6 Å². The van der Waals surface area contributed by atoms with Gasteiger partial charge in [0.05, 0.1) is 4.47 Å². The van der Waals surface area contributed by atoms with Gasteiger partial charge < -0.3 is 4.74 Å². The predicted octanol–water partition coefficient (Wildman–Crippen LogP) is 3.76. The third kappa shape index (κ3) is 3.87. The first-order chi connectivity index (χ1) is 8.01. The Hall–Kier alpha value is -0.770. The van der Waals surface area contributed by atoms with Crippen molar-refractivity contribution in [3.8, 4) is 5.88 Å². The number of nitrogens with zero attached hydrogens (tertiary/aromatic N) is 2. The molecule has 1 aromatic rings. The van der Waals surface area contributed by atoms with Crippen LogP contribution in [0.4, 0.5) is 26.3 Å². The Morgan fingerprint density at radius 1 is 1.17 bits per heavy atom. The molecule has 0 bridgehead atoms. The summed E-state index contributed by atoms with van der Waals surface area (Å²) in [6, 6.07) is 0. The van der Waals surface area contributed by atoms with Gasteiger partial charge in [-0.3, -0.25) is 0 Å². The molecule has 0 aliphatic carbocycles. The molecule has 0 spiro atoms. The molecule has 0 fully saturated rings. The second kappa shape index (κ2) is 5.08. The summed E-state index contributed by atoms with van der Waals surface area (Å²) >= 11 is 7.89. The number of halogens is 8. The zero-order valence-electron chi connectivity index (χ0n) is 7.98. The second-order valence-electron chi connectivity index (χ2n) is 2.87. The summed E-state index contributed by atoms with van der Waals surface area (Å²) in [5.74, 6) is -0.949. The number of hydrogen-bond donors (Lipinski definition) is 0. The molecule has 0 aliphatic rings. The van der Waals surface area contributed by atoms with Crippen molar-refractivity contribution in [1.29, 1.82) is 0 Å². The van der Waals surface area contributed by atoms with Crippen molar-refractivity contribution in [2.75, 3.05) is 0 Å². The van der Waals surface area contributed by atoms with E-state index in [0.29, 0.717) is 0 Å². The van der Waals surface area contributed by atoms with Crippen LogP contribution in [0.5, 0.6) is 5.88 Å². The largest absolute Gasteiger partial charge is 0.454 e. The highest BCUT2D eigenvalue weighted by atomic mass is 79.9. The maximum absolute atomic E-state index is 12.2. The van der Waals surface area contributed by atoms with Gasteiger partial charge in [0.25, 0.3) is 6.10 Å². The molecule has 0 aliphatic heterocycles. The molecular formula is C7H2BrClF6N2O. The van der Waals surface area contributed by atoms with Crippen LogP contribution < -0.4 is 4.74 Å². The highest BCUT2D eigenvalue weighted by molar-refractivity contribution is 9.10. The lowest BCUT2D eigenvalue weighted by atomic mass is 10.3. The average molecular weight is 359 g/mol. The van der Waals surface area contributed by atoms with Gasteiger partial charge >= 0.3 is 12.4 Å². The fraction of sp³-hybridized carbons (Fsp3) is 0.429. The summed E-state index contributed by atoms with van der Waals surface area (Å²) in [6.07, 6.45) is -14.4. The molecular weight excluding hydrogens is 357 g/mol. The van der Waals surface area contributed by atoms with Crippen molar-refractivity contribution in [3.63, 3.8) is 0 Å². The van der Waals surface area contributed by atoms with E-state index in [1.165, 1.54) is 0 Å². The van der Waals surface area contributed by atoms with Crippen molar-refractivity contribution in [2.45, 2.75) is 18.5 Å². The number of ether oxygens (including phenoxy) is 1. The zero-order chi connectivity index (χ0) is 14.1. The van der Waals surface area contributed by atoms with E-state index in [1.807, 2.05) is 0 Å². The minimum atomic E-state index is -5.63. The van der Waals surface area contributed by atoms with Crippen LogP contribution in [0.25, 0.3) is 0 Å². The van der Waals surface area contributed by atoms with E-state index in [0.717, 1.165) is 6.20 Å². The normalized spacial score (nSPS) is 12.9. The molecule has 1 rings (SSSR count). The van der Waals surface area contributed by atoms with Crippen molar-refractivity contribution >= 4 is 27.5 Å². The molecule has 11 heteroatoms. The Bertz CT molecular complexity index is 423. The maximum atomic E-state index is 12.2. The number of alkyl halides is 6. The molecule has 1 heterocycles. The van der Waals surface area contributed by atoms with Crippen molar-refractivity contribution < 1.29 is 31.1 Å². The fourth-order valence-electron chi connectivity index (χ4n) is 0.845. The third-order valence-corrected chi connectivity index (χ3v) is 2.23. The molecule has 0 saturated heterocycles. The molecule has 0 amide bonds. The Kier molecular flexibility index (Phi) is 4.31. The Labute approximate surface area is 109 Å². The average Bonchev–Trinajstić information content (AvgIpc) is 2.15. The van der Waals surface area contributed by atoms with Crippen LogP contribution in [0.15, 0.2) is 10.7 Å². The summed E-state index contributed by atoms with van der Waals surface area (Å²) in [7, 11) is 0. The van der Waals surface area contributed by atoms with E-state index >= 15 is 0 Å². The first kappa shape index (κ1) is 15.3. The van der Waals surface area contributed by atoms with Crippen LogP contribution in [0.3, 0.4) is 0 Å². The molecule has 0 radical (unpaired) electrons. The minimum Gasteiger partial charge on any atom is -0.454 e. The van der Waals surface area contributed by atoms with Gasteiger partial charge in [-0.2, -0.15) is 31.3 Å². The number of aromatic nitrogens is 2. The van der Waals surface area contributed by atoms with Gasteiger partial charge in [-0.05, 0) is 27.5 Å². The van der Waals surface area contributed by atoms with Crippen LogP contribution in [-0.4, -0.2) is 28.4 Å².